The molecule has 0 radical (unpaired) electrons. The SMILES string of the molecule is CC1(CCC(=O)[O-])CCSS1. The number of carboxylic acids is 1. The zero-order valence-electron chi connectivity index (χ0n) is 6.46. The van der Waals surface area contributed by atoms with Crippen molar-refractivity contribution in [2.24, 2.45) is 0 Å². The Hall–Kier alpha value is 0.170. The van der Waals surface area contributed by atoms with Crippen LogP contribution in [0.4, 0.5) is 0 Å². The van der Waals surface area contributed by atoms with E-state index < -0.39 is 5.97 Å². The van der Waals surface area contributed by atoms with E-state index in [1.165, 1.54) is 0 Å². The second-order valence-corrected chi connectivity index (χ2v) is 5.98. The third-order valence-corrected chi connectivity index (χ3v) is 5.19. The van der Waals surface area contributed by atoms with E-state index in [1.54, 1.807) is 0 Å². The standard InChI is InChI=1S/C7H12O2S2/c1-7(3-2-6(8)9)4-5-10-11-7/h2-5H2,1H3,(H,8,9)/p-1. The largest absolute Gasteiger partial charge is 0.550 e. The lowest BCUT2D eigenvalue weighted by Gasteiger charge is -2.20. The van der Waals surface area contributed by atoms with Gasteiger partial charge in [0, 0.05) is 16.5 Å². The molecule has 2 nitrogen and oxygen atoms in total. The van der Waals surface area contributed by atoms with Crippen LogP contribution in [0.3, 0.4) is 0 Å². The monoisotopic (exact) mass is 191 g/mol. The summed E-state index contributed by atoms with van der Waals surface area (Å²) in [4.78, 5) is 10.2. The maximum atomic E-state index is 10.2. The summed E-state index contributed by atoms with van der Waals surface area (Å²) < 4.78 is 0.185. The van der Waals surface area contributed by atoms with Crippen LogP contribution in [0.2, 0.25) is 0 Å². The topological polar surface area (TPSA) is 40.1 Å². The normalized spacial score (nSPS) is 30.6. The number of aliphatic carboxylic acids is 1. The average molecular weight is 191 g/mol. The number of hydrogen-bond donors (Lipinski definition) is 0. The van der Waals surface area contributed by atoms with Gasteiger partial charge in [-0.15, -0.1) is 0 Å². The third kappa shape index (κ3) is 2.95. The number of rotatable bonds is 3. The third-order valence-electron chi connectivity index (χ3n) is 1.83. The van der Waals surface area contributed by atoms with Crippen LogP contribution < -0.4 is 5.11 Å². The van der Waals surface area contributed by atoms with Gasteiger partial charge in [0.15, 0.2) is 0 Å². The highest BCUT2D eigenvalue weighted by Crippen LogP contribution is 2.48. The zero-order chi connectivity index (χ0) is 8.32. The molecule has 0 aromatic carbocycles. The van der Waals surface area contributed by atoms with Crippen molar-refractivity contribution in [3.8, 4) is 0 Å². The maximum absolute atomic E-state index is 10.2. The Morgan fingerprint density at radius 1 is 1.73 bits per heavy atom. The summed E-state index contributed by atoms with van der Waals surface area (Å²) >= 11 is 0. The summed E-state index contributed by atoms with van der Waals surface area (Å²) in [5, 5.41) is 10.2. The Bertz CT molecular complexity index is 153. The molecule has 0 spiro atoms. The van der Waals surface area contributed by atoms with Crippen molar-refractivity contribution < 1.29 is 9.90 Å². The van der Waals surface area contributed by atoms with Crippen LogP contribution in [0, 0.1) is 0 Å². The molecule has 0 amide bonds. The van der Waals surface area contributed by atoms with Crippen molar-refractivity contribution in [2.75, 3.05) is 5.75 Å². The van der Waals surface area contributed by atoms with Gasteiger partial charge in [-0.1, -0.05) is 21.6 Å². The van der Waals surface area contributed by atoms with Crippen LogP contribution in [0.15, 0.2) is 0 Å². The first-order valence-electron chi connectivity index (χ1n) is 3.63. The first kappa shape index (κ1) is 9.26. The van der Waals surface area contributed by atoms with Crippen molar-refractivity contribution in [3.05, 3.63) is 0 Å². The highest BCUT2D eigenvalue weighted by molar-refractivity contribution is 8.77. The van der Waals surface area contributed by atoms with Crippen LogP contribution >= 0.6 is 21.6 Å². The molecule has 11 heavy (non-hydrogen) atoms. The minimum atomic E-state index is -0.927. The van der Waals surface area contributed by atoms with Gasteiger partial charge in [0.25, 0.3) is 0 Å². The molecule has 1 atom stereocenters. The van der Waals surface area contributed by atoms with E-state index in [2.05, 4.69) is 6.92 Å². The average Bonchev–Trinajstić information content (AvgIpc) is 2.33. The summed E-state index contributed by atoms with van der Waals surface area (Å²) in [6.45, 7) is 2.13. The number of carbonyl (C=O) groups excluding carboxylic acids is 1. The van der Waals surface area contributed by atoms with E-state index in [1.807, 2.05) is 21.6 Å². The Balaban J connectivity index is 2.28. The van der Waals surface area contributed by atoms with E-state index >= 15 is 0 Å². The van der Waals surface area contributed by atoms with Crippen molar-refractivity contribution in [3.63, 3.8) is 0 Å². The van der Waals surface area contributed by atoms with Crippen molar-refractivity contribution >= 4 is 27.6 Å². The van der Waals surface area contributed by atoms with Crippen molar-refractivity contribution in [2.45, 2.75) is 30.9 Å². The summed E-state index contributed by atoms with van der Waals surface area (Å²) in [5.74, 6) is 0.220. The molecule has 1 unspecified atom stereocenters. The molecule has 0 aromatic heterocycles. The molecule has 0 saturated carbocycles. The number of carbonyl (C=O) groups is 1. The van der Waals surface area contributed by atoms with Crippen LogP contribution in [0.1, 0.15) is 26.2 Å². The van der Waals surface area contributed by atoms with Crippen molar-refractivity contribution in [1.29, 1.82) is 0 Å². The molecule has 1 rings (SSSR count). The molecule has 64 valence electrons. The van der Waals surface area contributed by atoms with Gasteiger partial charge in [-0.3, -0.25) is 0 Å². The fourth-order valence-electron chi connectivity index (χ4n) is 1.02. The first-order valence-corrected chi connectivity index (χ1v) is 5.95. The number of carboxylic acid groups (broad SMARTS) is 1. The molecule has 1 saturated heterocycles. The minimum absolute atomic E-state index is 0.185. The van der Waals surface area contributed by atoms with E-state index in [0.29, 0.717) is 0 Å². The second kappa shape index (κ2) is 3.72. The van der Waals surface area contributed by atoms with E-state index in [-0.39, 0.29) is 11.2 Å². The van der Waals surface area contributed by atoms with Crippen LogP contribution in [-0.2, 0) is 4.79 Å². The summed E-state index contributed by atoms with van der Waals surface area (Å²) in [7, 11) is 3.65. The minimum Gasteiger partial charge on any atom is -0.550 e. The van der Waals surface area contributed by atoms with Gasteiger partial charge in [0.2, 0.25) is 0 Å². The zero-order valence-corrected chi connectivity index (χ0v) is 8.09. The second-order valence-electron chi connectivity index (χ2n) is 2.98. The van der Waals surface area contributed by atoms with Crippen LogP contribution in [0.25, 0.3) is 0 Å². The molecule has 1 aliphatic rings. The lowest BCUT2D eigenvalue weighted by molar-refractivity contribution is -0.305. The smallest absolute Gasteiger partial charge is 0.0414 e. The molecule has 1 fully saturated rings. The Morgan fingerprint density at radius 3 is 2.91 bits per heavy atom. The molecule has 0 aliphatic carbocycles. The summed E-state index contributed by atoms with van der Waals surface area (Å²) in [6.07, 6.45) is 2.06. The first-order chi connectivity index (χ1) is 5.12. The quantitative estimate of drug-likeness (QED) is 0.625. The van der Waals surface area contributed by atoms with Gasteiger partial charge in [-0.05, 0) is 26.2 Å². The predicted molar refractivity (Wildman–Crippen MR) is 47.3 cm³/mol. The van der Waals surface area contributed by atoms with E-state index in [0.717, 1.165) is 18.6 Å². The molecular weight excluding hydrogens is 180 g/mol. The van der Waals surface area contributed by atoms with Crippen LogP contribution in [0.5, 0.6) is 0 Å². The van der Waals surface area contributed by atoms with E-state index in [9.17, 15) is 9.90 Å². The van der Waals surface area contributed by atoms with Crippen LogP contribution in [-0.4, -0.2) is 16.5 Å². The molecule has 0 bridgehead atoms. The lowest BCUT2D eigenvalue weighted by atomic mass is 10.0. The predicted octanol–water partition coefficient (Wildman–Crippen LogP) is 1.06. The highest BCUT2D eigenvalue weighted by Gasteiger charge is 2.29. The molecular formula is C7H11O2S2-. The van der Waals surface area contributed by atoms with Gasteiger partial charge in [0.1, 0.15) is 0 Å². The molecule has 0 N–H and O–H groups in total. The Labute approximate surface area is 74.5 Å². The van der Waals surface area contributed by atoms with Gasteiger partial charge in [-0.2, -0.15) is 0 Å². The van der Waals surface area contributed by atoms with Crippen molar-refractivity contribution in [1.82, 2.24) is 0 Å². The highest BCUT2D eigenvalue weighted by atomic mass is 33.1. The lowest BCUT2D eigenvalue weighted by Crippen LogP contribution is -2.26. The fraction of sp³-hybridized carbons (Fsp3) is 0.857. The van der Waals surface area contributed by atoms with E-state index in [4.69, 9.17) is 0 Å². The molecule has 1 heterocycles. The molecule has 4 heteroatoms. The summed E-state index contributed by atoms with van der Waals surface area (Å²) in [6, 6.07) is 0. The van der Waals surface area contributed by atoms with Gasteiger partial charge < -0.3 is 9.90 Å². The molecule has 0 aromatic rings. The van der Waals surface area contributed by atoms with Gasteiger partial charge in [-0.25, -0.2) is 0 Å². The maximum Gasteiger partial charge on any atom is 0.0414 e. The number of hydrogen-bond acceptors (Lipinski definition) is 4. The Morgan fingerprint density at radius 2 is 2.45 bits per heavy atom. The summed E-state index contributed by atoms with van der Waals surface area (Å²) in [5.41, 5.74) is 0. The van der Waals surface area contributed by atoms with Gasteiger partial charge in [0.05, 0.1) is 0 Å². The Kier molecular flexibility index (Phi) is 3.13. The fourth-order valence-corrected chi connectivity index (χ4v) is 4.27. The van der Waals surface area contributed by atoms with Gasteiger partial charge >= 0.3 is 0 Å². The molecule has 1 aliphatic heterocycles.